The zero-order chi connectivity index (χ0) is 27.0. The number of carbonyl (C=O) groups excluding carboxylic acids is 1. The number of halogens is 3. The molecule has 38 heavy (non-hydrogen) atoms. The average molecular weight is 540 g/mol. The van der Waals surface area contributed by atoms with E-state index in [9.17, 15) is 18.4 Å². The highest BCUT2D eigenvalue weighted by Crippen LogP contribution is 2.41. The minimum atomic E-state index is -1.15. The van der Waals surface area contributed by atoms with E-state index in [0.717, 1.165) is 5.56 Å². The van der Waals surface area contributed by atoms with Crippen LogP contribution in [0.5, 0.6) is 5.75 Å². The van der Waals surface area contributed by atoms with E-state index in [2.05, 4.69) is 5.10 Å². The van der Waals surface area contributed by atoms with Crippen molar-refractivity contribution in [1.29, 1.82) is 0 Å². The highest BCUT2D eigenvalue weighted by molar-refractivity contribution is 6.30. The molecule has 0 radical (unpaired) electrons. The van der Waals surface area contributed by atoms with Crippen molar-refractivity contribution in [2.24, 2.45) is 0 Å². The first-order valence-corrected chi connectivity index (χ1v) is 12.4. The van der Waals surface area contributed by atoms with Gasteiger partial charge in [0.05, 0.1) is 29.2 Å². The molecule has 1 aliphatic rings. The number of carboxylic acid groups (broad SMARTS) is 1. The number of aromatic nitrogens is 2. The average Bonchev–Trinajstić information content (AvgIpc) is 3.22. The summed E-state index contributed by atoms with van der Waals surface area (Å²) in [6, 6.07) is 13.2. The lowest BCUT2D eigenvalue weighted by Gasteiger charge is -2.38. The Balaban J connectivity index is 1.50. The van der Waals surface area contributed by atoms with Crippen molar-refractivity contribution in [3.63, 3.8) is 0 Å². The molecular weight excluding hydrogens is 516 g/mol. The predicted octanol–water partition coefficient (Wildman–Crippen LogP) is 5.30. The number of benzene rings is 3. The second kappa shape index (κ2) is 10.4. The third-order valence-electron chi connectivity index (χ3n) is 6.71. The van der Waals surface area contributed by atoms with Crippen LogP contribution in [0.4, 0.5) is 8.78 Å². The van der Waals surface area contributed by atoms with Crippen molar-refractivity contribution in [2.45, 2.75) is 32.4 Å². The van der Waals surface area contributed by atoms with Crippen molar-refractivity contribution in [1.82, 2.24) is 14.7 Å². The van der Waals surface area contributed by atoms with E-state index < -0.39 is 18.6 Å². The largest absolute Gasteiger partial charge is 0.482 e. The summed E-state index contributed by atoms with van der Waals surface area (Å²) in [5, 5.41) is 14.4. The number of carbonyl (C=O) groups is 2. The lowest BCUT2D eigenvalue weighted by molar-refractivity contribution is -0.139. The van der Waals surface area contributed by atoms with Gasteiger partial charge in [-0.1, -0.05) is 23.7 Å². The number of aryl methyl sites for hydroxylation is 2. The van der Waals surface area contributed by atoms with E-state index in [-0.39, 0.29) is 36.3 Å². The van der Waals surface area contributed by atoms with Gasteiger partial charge in [0.15, 0.2) is 6.61 Å². The molecule has 0 bridgehead atoms. The second-order valence-corrected chi connectivity index (χ2v) is 9.58. The normalized spacial score (nSPS) is 14.9. The third kappa shape index (κ3) is 4.93. The Kier molecular flexibility index (Phi) is 7.03. The van der Waals surface area contributed by atoms with E-state index in [4.69, 9.17) is 21.4 Å². The van der Waals surface area contributed by atoms with Crippen LogP contribution in [0.3, 0.4) is 0 Å². The summed E-state index contributed by atoms with van der Waals surface area (Å²) in [4.78, 5) is 26.5. The van der Waals surface area contributed by atoms with E-state index in [1.54, 1.807) is 52.9 Å². The molecule has 5 rings (SSSR count). The number of ether oxygens (including phenoxy) is 1. The molecule has 7 nitrogen and oxygen atoms in total. The van der Waals surface area contributed by atoms with Crippen LogP contribution in [0, 0.1) is 18.6 Å². The lowest BCUT2D eigenvalue weighted by atomic mass is 9.87. The van der Waals surface area contributed by atoms with Crippen LogP contribution >= 0.6 is 11.6 Å². The maximum absolute atomic E-state index is 14.3. The Morgan fingerprint density at radius 2 is 1.95 bits per heavy atom. The van der Waals surface area contributed by atoms with Gasteiger partial charge in [-0.15, -0.1) is 0 Å². The Bertz CT molecular complexity index is 1550. The van der Waals surface area contributed by atoms with Crippen LogP contribution in [0.15, 0.2) is 54.6 Å². The van der Waals surface area contributed by atoms with E-state index in [1.807, 2.05) is 0 Å². The van der Waals surface area contributed by atoms with Gasteiger partial charge in [-0.2, -0.15) is 5.10 Å². The minimum Gasteiger partial charge on any atom is -0.482 e. The van der Waals surface area contributed by atoms with Gasteiger partial charge in [0, 0.05) is 23.6 Å². The molecule has 0 saturated carbocycles. The van der Waals surface area contributed by atoms with Gasteiger partial charge in [-0.05, 0) is 66.9 Å². The molecule has 1 N–H and O–H groups in total. The van der Waals surface area contributed by atoms with Crippen LogP contribution < -0.4 is 4.74 Å². The fourth-order valence-electron chi connectivity index (χ4n) is 5.09. The van der Waals surface area contributed by atoms with Gasteiger partial charge < -0.3 is 14.7 Å². The molecule has 0 fully saturated rings. The maximum atomic E-state index is 14.3. The van der Waals surface area contributed by atoms with Crippen LogP contribution in [-0.4, -0.2) is 44.8 Å². The molecule has 4 aromatic rings. The van der Waals surface area contributed by atoms with Crippen LogP contribution in [0.2, 0.25) is 5.02 Å². The summed E-state index contributed by atoms with van der Waals surface area (Å²) in [7, 11) is 0. The number of aliphatic carboxylic acids is 1. The van der Waals surface area contributed by atoms with Gasteiger partial charge in [0.2, 0.25) is 5.91 Å². The highest BCUT2D eigenvalue weighted by atomic mass is 35.5. The zero-order valence-electron chi connectivity index (χ0n) is 20.5. The molecule has 3 aromatic carbocycles. The summed E-state index contributed by atoms with van der Waals surface area (Å²) in [5.74, 6) is -1.84. The van der Waals surface area contributed by atoms with Gasteiger partial charge >= 0.3 is 5.97 Å². The number of carboxylic acids is 1. The molecule has 2 heterocycles. The van der Waals surface area contributed by atoms with E-state index in [0.29, 0.717) is 45.7 Å². The Labute approximate surface area is 222 Å². The molecule has 196 valence electrons. The maximum Gasteiger partial charge on any atom is 0.341 e. The van der Waals surface area contributed by atoms with Crippen molar-refractivity contribution >= 4 is 34.4 Å². The second-order valence-electron chi connectivity index (χ2n) is 9.14. The van der Waals surface area contributed by atoms with Crippen molar-refractivity contribution in [3.05, 3.63) is 93.6 Å². The van der Waals surface area contributed by atoms with E-state index in [1.165, 1.54) is 18.2 Å². The third-order valence-corrected chi connectivity index (χ3v) is 6.95. The first-order chi connectivity index (χ1) is 18.2. The molecule has 0 saturated heterocycles. The molecule has 0 spiro atoms. The summed E-state index contributed by atoms with van der Waals surface area (Å²) in [5.41, 5.74) is 3.09. The Hall–Kier alpha value is -3.98. The van der Waals surface area contributed by atoms with E-state index >= 15 is 0 Å². The standard InChI is InChI=1S/C28H24ClF2N3O4/c1-16-27-22(31)3-2-4-23(27)34(32-16)12-10-25(35)33-11-9-17-13-19(30)6-7-20(17)28(33)21-14-18(29)5-8-24(21)38-15-26(36)37/h2-8,13-14,28H,9-12,15H2,1H3,(H,36,37)/t28-/m0/s1. The summed E-state index contributed by atoms with van der Waals surface area (Å²) in [6.07, 6.45) is 0.516. The summed E-state index contributed by atoms with van der Waals surface area (Å²) >= 11 is 6.31. The van der Waals surface area contributed by atoms with Crippen LogP contribution in [0.1, 0.15) is 34.8 Å². The molecule has 1 atom stereocenters. The van der Waals surface area contributed by atoms with Crippen LogP contribution in [0.25, 0.3) is 10.9 Å². The number of amides is 1. The summed E-state index contributed by atoms with van der Waals surface area (Å²) in [6.45, 7) is 1.68. The lowest BCUT2D eigenvalue weighted by Crippen LogP contribution is -2.41. The van der Waals surface area contributed by atoms with Gasteiger partial charge in [-0.25, -0.2) is 13.6 Å². The fourth-order valence-corrected chi connectivity index (χ4v) is 5.27. The molecule has 0 aliphatic carbocycles. The monoisotopic (exact) mass is 539 g/mol. The SMILES string of the molecule is Cc1nn(CCC(=O)N2CCc3cc(F)ccc3[C@H]2c2cc(Cl)ccc2OCC(=O)O)c2cccc(F)c12. The fraction of sp³-hybridized carbons (Fsp3) is 0.250. The topological polar surface area (TPSA) is 84.7 Å². The van der Waals surface area contributed by atoms with Crippen molar-refractivity contribution < 1.29 is 28.2 Å². The molecule has 1 aliphatic heterocycles. The quantitative estimate of drug-likeness (QED) is 0.344. The van der Waals surface area contributed by atoms with Gasteiger partial charge in [0.1, 0.15) is 17.4 Å². The Morgan fingerprint density at radius 1 is 1.13 bits per heavy atom. The summed E-state index contributed by atoms with van der Waals surface area (Å²) < 4.78 is 35.6. The van der Waals surface area contributed by atoms with Crippen molar-refractivity contribution in [3.8, 4) is 5.75 Å². The first kappa shape index (κ1) is 25.7. The molecule has 1 amide bonds. The molecule has 0 unspecified atom stereocenters. The molecule has 1 aromatic heterocycles. The molecule has 10 heteroatoms. The Morgan fingerprint density at radius 3 is 2.74 bits per heavy atom. The number of hydrogen-bond donors (Lipinski definition) is 1. The number of rotatable bonds is 7. The smallest absolute Gasteiger partial charge is 0.341 e. The number of fused-ring (bicyclic) bond motifs is 2. The van der Waals surface area contributed by atoms with Crippen molar-refractivity contribution in [2.75, 3.05) is 13.2 Å². The van der Waals surface area contributed by atoms with Crippen LogP contribution in [-0.2, 0) is 22.6 Å². The van der Waals surface area contributed by atoms with Gasteiger partial charge in [0.25, 0.3) is 0 Å². The predicted molar refractivity (Wildman–Crippen MR) is 137 cm³/mol. The minimum absolute atomic E-state index is 0.0750. The number of nitrogens with zero attached hydrogens (tertiary/aromatic N) is 3. The van der Waals surface area contributed by atoms with Gasteiger partial charge in [-0.3, -0.25) is 9.48 Å². The number of hydrogen-bond acceptors (Lipinski definition) is 4. The first-order valence-electron chi connectivity index (χ1n) is 12.1. The highest BCUT2D eigenvalue weighted by Gasteiger charge is 2.34. The zero-order valence-corrected chi connectivity index (χ0v) is 21.2. The molecular formula is C28H24ClF2N3O4.